The van der Waals surface area contributed by atoms with Crippen molar-refractivity contribution in [3.8, 4) is 5.75 Å². The molecule has 2 aromatic rings. The minimum atomic E-state index is -0.490. The van der Waals surface area contributed by atoms with E-state index < -0.39 is 18.3 Å². The van der Waals surface area contributed by atoms with Crippen LogP contribution in [0.2, 0.25) is 0 Å². The maximum atomic E-state index is 6.12. The van der Waals surface area contributed by atoms with Gasteiger partial charge in [-0.2, -0.15) is 0 Å². The van der Waals surface area contributed by atoms with Crippen LogP contribution in [0.1, 0.15) is 27.7 Å². The Bertz CT molecular complexity index is 660. The predicted molar refractivity (Wildman–Crippen MR) is 84.4 cm³/mol. The molecule has 0 amide bonds. The van der Waals surface area contributed by atoms with Gasteiger partial charge in [0, 0.05) is 12.6 Å². The molecule has 1 aliphatic heterocycles. The number of benzene rings is 1. The quantitative estimate of drug-likeness (QED) is 0.642. The molecule has 118 valence electrons. The molecule has 5 nitrogen and oxygen atoms in total. The fourth-order valence-corrected chi connectivity index (χ4v) is 2.47. The van der Waals surface area contributed by atoms with Gasteiger partial charge >= 0.3 is 7.12 Å². The van der Waals surface area contributed by atoms with Gasteiger partial charge < -0.3 is 23.2 Å². The lowest BCUT2D eigenvalue weighted by atomic mass is 9.77. The van der Waals surface area contributed by atoms with Crippen molar-refractivity contribution in [1.29, 1.82) is 0 Å². The van der Waals surface area contributed by atoms with E-state index in [-0.39, 0.29) is 6.79 Å². The van der Waals surface area contributed by atoms with Crippen LogP contribution in [0.3, 0.4) is 0 Å². The highest BCUT2D eigenvalue weighted by Crippen LogP contribution is 2.38. The van der Waals surface area contributed by atoms with Crippen molar-refractivity contribution in [3.63, 3.8) is 0 Å². The number of ether oxygens (including phenoxy) is 2. The molecular weight excluding hydrogens is 283 g/mol. The Balaban J connectivity index is 2.03. The van der Waals surface area contributed by atoms with Crippen LogP contribution in [0.4, 0.5) is 0 Å². The molecule has 2 heterocycles. The lowest BCUT2D eigenvalue weighted by molar-refractivity contribution is 0.00578. The first-order valence-corrected chi connectivity index (χ1v) is 7.33. The van der Waals surface area contributed by atoms with Crippen molar-refractivity contribution in [2.24, 2.45) is 0 Å². The molecule has 1 aromatic carbocycles. The summed E-state index contributed by atoms with van der Waals surface area (Å²) in [6.45, 7) is 8.26. The van der Waals surface area contributed by atoms with Crippen LogP contribution in [0.5, 0.6) is 5.75 Å². The van der Waals surface area contributed by atoms with Crippen molar-refractivity contribution in [3.05, 3.63) is 24.5 Å². The van der Waals surface area contributed by atoms with Crippen LogP contribution in [-0.4, -0.2) is 32.2 Å². The molecule has 1 saturated heterocycles. The van der Waals surface area contributed by atoms with Crippen molar-refractivity contribution in [2.75, 3.05) is 13.9 Å². The number of hydrogen-bond donors (Lipinski definition) is 0. The fourth-order valence-electron chi connectivity index (χ4n) is 2.47. The van der Waals surface area contributed by atoms with E-state index >= 15 is 0 Å². The Morgan fingerprint density at radius 3 is 2.36 bits per heavy atom. The molecule has 0 radical (unpaired) electrons. The molecule has 0 aliphatic carbocycles. The molecule has 0 spiro atoms. The Hall–Kier alpha value is -1.50. The number of methoxy groups -OCH3 is 1. The van der Waals surface area contributed by atoms with Crippen molar-refractivity contribution in [2.45, 2.75) is 38.9 Å². The molecule has 0 atom stereocenters. The van der Waals surface area contributed by atoms with E-state index in [1.54, 1.807) is 13.4 Å². The van der Waals surface area contributed by atoms with Crippen LogP contribution in [0, 0.1) is 0 Å². The summed E-state index contributed by atoms with van der Waals surface area (Å²) in [5.74, 6) is 0.673. The summed E-state index contributed by atoms with van der Waals surface area (Å²) < 4.78 is 28.5. The van der Waals surface area contributed by atoms with Crippen LogP contribution in [0.25, 0.3) is 11.0 Å². The Labute approximate surface area is 130 Å². The zero-order chi connectivity index (χ0) is 16.0. The summed E-state index contributed by atoms with van der Waals surface area (Å²) in [5, 5.41) is 0.879. The third-order valence-corrected chi connectivity index (χ3v) is 4.44. The molecule has 0 saturated carbocycles. The molecule has 6 heteroatoms. The first kappa shape index (κ1) is 15.4. The van der Waals surface area contributed by atoms with Gasteiger partial charge in [0.1, 0.15) is 11.3 Å². The largest absolute Gasteiger partial charge is 0.498 e. The van der Waals surface area contributed by atoms with Gasteiger partial charge in [0.05, 0.1) is 22.9 Å². The summed E-state index contributed by atoms with van der Waals surface area (Å²) in [6.07, 6.45) is 1.64. The van der Waals surface area contributed by atoms with E-state index in [9.17, 15) is 0 Å². The minimum absolute atomic E-state index is 0.150. The van der Waals surface area contributed by atoms with E-state index in [2.05, 4.69) is 0 Å². The molecule has 0 bridgehead atoms. The second-order valence-corrected chi connectivity index (χ2v) is 6.46. The molecule has 22 heavy (non-hydrogen) atoms. The lowest BCUT2D eigenvalue weighted by Crippen LogP contribution is -2.41. The second kappa shape index (κ2) is 5.30. The zero-order valence-corrected chi connectivity index (χ0v) is 13.6. The summed E-state index contributed by atoms with van der Waals surface area (Å²) in [6, 6.07) is 5.68. The number of hydrogen-bond acceptors (Lipinski definition) is 5. The number of rotatable bonds is 4. The fraction of sp³-hybridized carbons (Fsp3) is 0.500. The highest BCUT2D eigenvalue weighted by Gasteiger charge is 2.52. The van der Waals surface area contributed by atoms with Crippen LogP contribution < -0.4 is 10.2 Å². The molecule has 3 rings (SSSR count). The summed E-state index contributed by atoms with van der Waals surface area (Å²) in [5.41, 5.74) is 0.791. The molecule has 1 aromatic heterocycles. The number of fused-ring (bicyclic) bond motifs is 1. The average Bonchev–Trinajstić information content (AvgIpc) is 2.98. The van der Waals surface area contributed by atoms with E-state index in [4.69, 9.17) is 23.2 Å². The van der Waals surface area contributed by atoms with E-state index in [0.29, 0.717) is 5.75 Å². The van der Waals surface area contributed by atoms with Crippen LogP contribution in [0.15, 0.2) is 28.9 Å². The maximum Gasteiger partial charge on any atom is 0.498 e. The number of furan rings is 1. The van der Waals surface area contributed by atoms with Gasteiger partial charge in [-0.25, -0.2) is 0 Å². The third kappa shape index (κ3) is 2.41. The normalized spacial score (nSPS) is 19.8. The second-order valence-electron chi connectivity index (χ2n) is 6.46. The van der Waals surface area contributed by atoms with Crippen molar-refractivity contribution >= 4 is 23.6 Å². The first-order valence-electron chi connectivity index (χ1n) is 7.33. The van der Waals surface area contributed by atoms with Crippen molar-refractivity contribution < 1.29 is 23.2 Å². The molecule has 0 unspecified atom stereocenters. The van der Waals surface area contributed by atoms with Gasteiger partial charge in [0.2, 0.25) is 0 Å². The van der Waals surface area contributed by atoms with Gasteiger partial charge in [0.15, 0.2) is 6.79 Å². The highest BCUT2D eigenvalue weighted by molar-refractivity contribution is 6.63. The smallest absolute Gasteiger partial charge is 0.467 e. The van der Waals surface area contributed by atoms with Gasteiger partial charge in [-0.05, 0) is 39.8 Å². The van der Waals surface area contributed by atoms with Crippen molar-refractivity contribution in [1.82, 2.24) is 0 Å². The maximum absolute atomic E-state index is 6.12. The average molecular weight is 304 g/mol. The third-order valence-electron chi connectivity index (χ3n) is 4.44. The minimum Gasteiger partial charge on any atom is -0.467 e. The summed E-state index contributed by atoms with van der Waals surface area (Å²) in [7, 11) is 1.10. The lowest BCUT2D eigenvalue weighted by Gasteiger charge is -2.32. The van der Waals surface area contributed by atoms with E-state index in [1.165, 1.54) is 0 Å². The Morgan fingerprint density at radius 1 is 1.05 bits per heavy atom. The predicted octanol–water partition coefficient (Wildman–Crippen LogP) is 2.71. The molecule has 0 N–H and O–H groups in total. The topological polar surface area (TPSA) is 50.1 Å². The molecular formula is C16H21BO5. The van der Waals surface area contributed by atoms with Gasteiger partial charge in [0.25, 0.3) is 0 Å². The Morgan fingerprint density at radius 2 is 1.73 bits per heavy atom. The van der Waals surface area contributed by atoms with E-state index in [1.807, 2.05) is 45.9 Å². The molecule has 1 fully saturated rings. The van der Waals surface area contributed by atoms with Gasteiger partial charge in [-0.1, -0.05) is 6.07 Å². The monoisotopic (exact) mass is 304 g/mol. The first-order chi connectivity index (χ1) is 10.4. The Kier molecular flexibility index (Phi) is 3.71. The van der Waals surface area contributed by atoms with E-state index in [0.717, 1.165) is 16.4 Å². The van der Waals surface area contributed by atoms with Gasteiger partial charge in [-0.15, -0.1) is 0 Å². The zero-order valence-electron chi connectivity index (χ0n) is 13.6. The SMILES string of the molecule is COCOc1c(B2OC(C)(C)C(C)(C)O2)ccc2occc12. The standard InChI is InChI=1S/C16H21BO5/c1-15(2)16(3,4)22-17(21-15)12-6-7-13-11(8-9-19-13)14(12)20-10-18-5/h6-9H,10H2,1-5H3. The summed E-state index contributed by atoms with van der Waals surface area (Å²) in [4.78, 5) is 0. The van der Waals surface area contributed by atoms with Crippen LogP contribution in [-0.2, 0) is 14.0 Å². The van der Waals surface area contributed by atoms with Crippen LogP contribution >= 0.6 is 0 Å². The van der Waals surface area contributed by atoms with Gasteiger partial charge in [-0.3, -0.25) is 0 Å². The molecule has 1 aliphatic rings. The summed E-state index contributed by atoms with van der Waals surface area (Å²) >= 11 is 0. The highest BCUT2D eigenvalue weighted by atomic mass is 16.7.